The van der Waals surface area contributed by atoms with Crippen molar-refractivity contribution in [2.45, 2.75) is 25.5 Å². The molecule has 1 unspecified atom stereocenters. The number of carbonyl (C=O) groups excluding carboxylic acids is 2. The first-order chi connectivity index (χ1) is 18.1. The maximum atomic E-state index is 14.9. The van der Waals surface area contributed by atoms with Gasteiger partial charge in [0.25, 0.3) is 5.91 Å². The molecule has 8 nitrogen and oxygen atoms in total. The van der Waals surface area contributed by atoms with Gasteiger partial charge in [-0.2, -0.15) is 0 Å². The number of rotatable bonds is 5. The molecule has 0 radical (unpaired) electrons. The number of fused-ring (bicyclic) bond motifs is 1. The lowest BCUT2D eigenvalue weighted by atomic mass is 10.1. The summed E-state index contributed by atoms with van der Waals surface area (Å²) in [7, 11) is 0. The third-order valence-corrected chi connectivity index (χ3v) is 6.35. The number of nitrogens with one attached hydrogen (secondary N) is 1. The Morgan fingerprint density at radius 1 is 1.08 bits per heavy atom. The van der Waals surface area contributed by atoms with Crippen LogP contribution in [0.3, 0.4) is 0 Å². The van der Waals surface area contributed by atoms with Gasteiger partial charge in [-0.25, -0.2) is 18.2 Å². The molecule has 1 aliphatic rings. The normalized spacial score (nSPS) is 16.2. The van der Waals surface area contributed by atoms with Gasteiger partial charge in [0.15, 0.2) is 5.65 Å². The highest BCUT2D eigenvalue weighted by atomic mass is 19.1. The monoisotopic (exact) mass is 522 g/mol. The topological polar surface area (TPSA) is 105 Å². The Bertz CT molecular complexity index is 1660. The molecule has 2 N–H and O–H groups in total. The minimum absolute atomic E-state index is 0.0130. The summed E-state index contributed by atoms with van der Waals surface area (Å²) in [6.45, 7) is 1.53. The van der Waals surface area contributed by atoms with Gasteiger partial charge >= 0.3 is 0 Å². The van der Waals surface area contributed by atoms with Crippen LogP contribution in [0.25, 0.3) is 16.7 Å². The number of β-amino-alcohol motifs (C(OH)–C–C–N with tert-alkyl or cyclic N) is 1. The lowest BCUT2D eigenvalue weighted by Crippen LogP contribution is -2.32. The molecule has 2 atom stereocenters. The molecule has 0 spiro atoms. The Labute approximate surface area is 214 Å². The average Bonchev–Trinajstić information content (AvgIpc) is 3.22. The summed E-state index contributed by atoms with van der Waals surface area (Å²) in [6, 6.07) is 10.5. The second kappa shape index (κ2) is 9.75. The number of carbonyl (C=O) groups is 2. The average molecular weight is 522 g/mol. The number of hydrogen-bond donors (Lipinski definition) is 2. The number of pyridine rings is 2. The van der Waals surface area contributed by atoms with Gasteiger partial charge in [-0.3, -0.25) is 23.9 Å². The van der Waals surface area contributed by atoms with Crippen LogP contribution >= 0.6 is 0 Å². The summed E-state index contributed by atoms with van der Waals surface area (Å²) in [5.74, 6) is -3.47. The Hall–Kier alpha value is -4.51. The predicted molar refractivity (Wildman–Crippen MR) is 133 cm³/mol. The largest absolute Gasteiger partial charge is 0.391 e. The number of halogens is 3. The van der Waals surface area contributed by atoms with Gasteiger partial charge in [-0.15, -0.1) is 0 Å². The lowest BCUT2D eigenvalue weighted by molar-refractivity contribution is -0.117. The van der Waals surface area contributed by atoms with E-state index in [1.165, 1.54) is 35.2 Å². The molecule has 2 aromatic carbocycles. The highest BCUT2D eigenvalue weighted by molar-refractivity contribution is 5.99. The number of aliphatic hydroxyl groups is 1. The van der Waals surface area contributed by atoms with E-state index in [0.29, 0.717) is 6.07 Å². The maximum absolute atomic E-state index is 14.9. The van der Waals surface area contributed by atoms with Crippen LogP contribution in [0.5, 0.6) is 0 Å². The van der Waals surface area contributed by atoms with E-state index in [4.69, 9.17) is 0 Å². The van der Waals surface area contributed by atoms with E-state index in [1.807, 2.05) is 0 Å². The smallest absolute Gasteiger partial charge is 0.257 e. The molecule has 1 fully saturated rings. The van der Waals surface area contributed by atoms with Crippen LogP contribution in [-0.4, -0.2) is 39.1 Å². The van der Waals surface area contributed by atoms with Crippen LogP contribution in [0.4, 0.5) is 19.0 Å². The van der Waals surface area contributed by atoms with Crippen molar-refractivity contribution in [2.75, 3.05) is 11.4 Å². The van der Waals surface area contributed by atoms with Crippen molar-refractivity contribution in [3.05, 3.63) is 99.6 Å². The van der Waals surface area contributed by atoms with E-state index in [0.717, 1.165) is 22.9 Å². The molecule has 0 saturated carbocycles. The van der Waals surface area contributed by atoms with Gasteiger partial charge in [0.05, 0.1) is 36.2 Å². The van der Waals surface area contributed by atoms with Gasteiger partial charge in [-0.1, -0.05) is 18.2 Å². The Morgan fingerprint density at radius 3 is 2.53 bits per heavy atom. The second-order valence-electron chi connectivity index (χ2n) is 8.96. The van der Waals surface area contributed by atoms with E-state index in [1.54, 1.807) is 13.0 Å². The molecule has 3 heterocycles. The van der Waals surface area contributed by atoms with Gasteiger partial charge in [0, 0.05) is 17.8 Å². The molecule has 194 valence electrons. The van der Waals surface area contributed by atoms with E-state index in [2.05, 4.69) is 10.3 Å². The van der Waals surface area contributed by atoms with Crippen molar-refractivity contribution >= 4 is 28.7 Å². The second-order valence-corrected chi connectivity index (χ2v) is 8.96. The molecule has 1 saturated heterocycles. The number of amides is 2. The van der Waals surface area contributed by atoms with Crippen LogP contribution in [-0.2, 0) is 4.79 Å². The molecule has 2 aromatic heterocycles. The number of aliphatic hydroxyl groups excluding tert-OH is 1. The first kappa shape index (κ1) is 25.2. The minimum atomic E-state index is -0.985. The van der Waals surface area contributed by atoms with Gasteiger partial charge in [0.2, 0.25) is 11.3 Å². The minimum Gasteiger partial charge on any atom is -0.391 e. The molecular formula is C27H21F3N4O4. The molecule has 1 aliphatic heterocycles. The summed E-state index contributed by atoms with van der Waals surface area (Å²) < 4.78 is 43.9. The predicted octanol–water partition coefficient (Wildman–Crippen LogP) is 3.39. The summed E-state index contributed by atoms with van der Waals surface area (Å²) in [4.78, 5) is 44.5. The molecule has 11 heteroatoms. The summed E-state index contributed by atoms with van der Waals surface area (Å²) in [6.07, 6.45) is 0.0829. The molecular weight excluding hydrogens is 501 g/mol. The van der Waals surface area contributed by atoms with Gasteiger partial charge in [-0.05, 0) is 37.3 Å². The van der Waals surface area contributed by atoms with E-state index in [9.17, 15) is 32.7 Å². The third kappa shape index (κ3) is 4.52. The first-order valence-corrected chi connectivity index (χ1v) is 11.7. The van der Waals surface area contributed by atoms with Crippen molar-refractivity contribution < 1.29 is 27.9 Å². The summed E-state index contributed by atoms with van der Waals surface area (Å²) >= 11 is 0. The van der Waals surface area contributed by atoms with Gasteiger partial charge in [0.1, 0.15) is 28.8 Å². The zero-order valence-corrected chi connectivity index (χ0v) is 20.0. The molecule has 0 aliphatic carbocycles. The zero-order valence-electron chi connectivity index (χ0n) is 20.0. The van der Waals surface area contributed by atoms with Crippen molar-refractivity contribution in [2.24, 2.45) is 0 Å². The van der Waals surface area contributed by atoms with E-state index < -0.39 is 40.9 Å². The molecule has 38 heavy (non-hydrogen) atoms. The summed E-state index contributed by atoms with van der Waals surface area (Å²) in [5.41, 5.74) is -1.21. The Balaban J connectivity index is 1.65. The van der Waals surface area contributed by atoms with Crippen LogP contribution in [0.2, 0.25) is 0 Å². The first-order valence-electron chi connectivity index (χ1n) is 11.7. The zero-order chi connectivity index (χ0) is 27.1. The maximum Gasteiger partial charge on any atom is 0.257 e. The number of benzene rings is 2. The Kier molecular flexibility index (Phi) is 6.45. The van der Waals surface area contributed by atoms with Gasteiger partial charge < -0.3 is 10.4 Å². The highest BCUT2D eigenvalue weighted by Crippen LogP contribution is 2.25. The van der Waals surface area contributed by atoms with Crippen LogP contribution in [0.1, 0.15) is 35.3 Å². The highest BCUT2D eigenvalue weighted by Gasteiger charge is 2.30. The van der Waals surface area contributed by atoms with E-state index in [-0.39, 0.29) is 52.5 Å². The molecule has 2 amide bonds. The van der Waals surface area contributed by atoms with Crippen LogP contribution < -0.4 is 15.6 Å². The number of hydrogen-bond acceptors (Lipinski definition) is 5. The van der Waals surface area contributed by atoms with Crippen molar-refractivity contribution in [1.29, 1.82) is 0 Å². The third-order valence-electron chi connectivity index (χ3n) is 6.35. The van der Waals surface area contributed by atoms with Crippen molar-refractivity contribution in [3.8, 4) is 5.69 Å². The number of nitrogens with zero attached hydrogens (tertiary/aromatic N) is 3. The van der Waals surface area contributed by atoms with Crippen LogP contribution in [0, 0.1) is 17.5 Å². The fourth-order valence-corrected chi connectivity index (χ4v) is 4.45. The fraction of sp³-hybridized carbons (Fsp3) is 0.185. The quantitative estimate of drug-likeness (QED) is 0.418. The molecule has 5 rings (SSSR count). The number of anilines is 1. The summed E-state index contributed by atoms with van der Waals surface area (Å²) in [5, 5.41) is 12.4. The standard InChI is InChI=1S/C27H21F3N4O4/c1-14(17-4-2-3-5-20(17)29)31-27(38)19-13-33(22-8-6-15(28)10-21(22)30)26-18(25(19)37)7-9-23(32-26)34-12-16(35)11-24(34)36/h2-10,13-14,16,35H,11-12H2,1H3,(H,31,38)/t14?,16-/m0/s1. The number of aromatic nitrogens is 2. The van der Waals surface area contributed by atoms with Crippen LogP contribution in [0.15, 0.2) is 65.6 Å². The molecule has 4 aromatic rings. The van der Waals surface area contributed by atoms with E-state index >= 15 is 0 Å². The fourth-order valence-electron chi connectivity index (χ4n) is 4.45. The van der Waals surface area contributed by atoms with Crippen molar-refractivity contribution in [3.63, 3.8) is 0 Å². The Morgan fingerprint density at radius 2 is 1.84 bits per heavy atom. The molecule has 0 bridgehead atoms. The SMILES string of the molecule is CC(NC(=O)c1cn(-c2ccc(F)cc2F)c2nc(N3C[C@@H](O)CC3=O)ccc2c1=O)c1ccccc1F. The van der Waals surface area contributed by atoms with Crippen molar-refractivity contribution in [1.82, 2.24) is 14.9 Å². The lowest BCUT2D eigenvalue weighted by Gasteiger charge is -2.19.